The summed E-state index contributed by atoms with van der Waals surface area (Å²) in [5.41, 5.74) is 6.01. The molecule has 4 N–H and O–H groups in total. The van der Waals surface area contributed by atoms with Crippen molar-refractivity contribution in [1.29, 1.82) is 0 Å². The molecule has 0 bridgehead atoms. The Morgan fingerprint density at radius 2 is 2.32 bits per heavy atom. The van der Waals surface area contributed by atoms with Crippen molar-refractivity contribution in [2.45, 2.75) is 32.9 Å². The molecule has 0 saturated heterocycles. The monoisotopic (exact) mass is 269 g/mol. The van der Waals surface area contributed by atoms with E-state index in [9.17, 15) is 9.59 Å². The maximum atomic E-state index is 11.5. The summed E-state index contributed by atoms with van der Waals surface area (Å²) < 4.78 is 1.41. The number of nitrogens with two attached hydrogens (primary N) is 1. The first kappa shape index (κ1) is 15.1. The fourth-order valence-electron chi connectivity index (χ4n) is 1.47. The molecule has 0 fully saturated rings. The molecule has 1 amide bonds. The molecule has 0 radical (unpaired) electrons. The van der Waals surface area contributed by atoms with Gasteiger partial charge in [-0.05, 0) is 12.8 Å². The number of carbonyl (C=O) groups excluding carboxylic acids is 1. The first-order chi connectivity index (χ1) is 9.02. The van der Waals surface area contributed by atoms with E-state index < -0.39 is 5.97 Å². The molecule has 0 aliphatic rings. The van der Waals surface area contributed by atoms with Gasteiger partial charge in [-0.15, -0.1) is 5.10 Å². The van der Waals surface area contributed by atoms with Gasteiger partial charge in [0.15, 0.2) is 0 Å². The van der Waals surface area contributed by atoms with Gasteiger partial charge in [-0.2, -0.15) is 0 Å². The zero-order valence-corrected chi connectivity index (χ0v) is 10.9. The smallest absolute Gasteiger partial charge is 0.306 e. The Morgan fingerprint density at radius 3 is 2.89 bits per heavy atom. The number of hydrogen-bond acceptors (Lipinski definition) is 5. The van der Waals surface area contributed by atoms with E-state index in [1.54, 1.807) is 13.1 Å². The Hall–Kier alpha value is -1.96. The minimum atomic E-state index is -0.816. The third-order valence-electron chi connectivity index (χ3n) is 2.66. The highest BCUT2D eigenvalue weighted by atomic mass is 16.4. The molecule has 8 nitrogen and oxygen atoms in total. The predicted octanol–water partition coefficient (Wildman–Crippen LogP) is -0.646. The summed E-state index contributed by atoms with van der Waals surface area (Å²) in [6.07, 6.45) is 2.78. The van der Waals surface area contributed by atoms with Gasteiger partial charge < -0.3 is 16.2 Å². The highest BCUT2D eigenvalue weighted by molar-refractivity contribution is 5.75. The average Bonchev–Trinajstić information content (AvgIpc) is 2.81. The standard InChI is InChI=1S/C11H19N5O3/c1-8(11(18)19)3-2-4-13-10(17)7-16-6-9(5-12)14-15-16/h6,8H,2-5,7,12H2,1H3,(H,13,17)(H,18,19). The number of nitrogens with one attached hydrogen (secondary N) is 1. The van der Waals surface area contributed by atoms with Crippen LogP contribution >= 0.6 is 0 Å². The number of amides is 1. The van der Waals surface area contributed by atoms with Crippen molar-refractivity contribution in [3.63, 3.8) is 0 Å². The lowest BCUT2D eigenvalue weighted by Crippen LogP contribution is -2.29. The lowest BCUT2D eigenvalue weighted by Gasteiger charge is -2.07. The summed E-state index contributed by atoms with van der Waals surface area (Å²) >= 11 is 0. The van der Waals surface area contributed by atoms with Gasteiger partial charge >= 0.3 is 5.97 Å². The predicted molar refractivity (Wildman–Crippen MR) is 67.0 cm³/mol. The van der Waals surface area contributed by atoms with Crippen molar-refractivity contribution in [3.05, 3.63) is 11.9 Å². The number of carboxylic acid groups (broad SMARTS) is 1. The van der Waals surface area contributed by atoms with Crippen LogP contribution in [0.3, 0.4) is 0 Å². The van der Waals surface area contributed by atoms with Crippen molar-refractivity contribution in [3.8, 4) is 0 Å². The Kier molecular flexibility index (Phi) is 5.94. The molecule has 1 rings (SSSR count). The van der Waals surface area contributed by atoms with Crippen LogP contribution in [0, 0.1) is 5.92 Å². The average molecular weight is 269 g/mol. The Morgan fingerprint density at radius 1 is 1.58 bits per heavy atom. The SMILES string of the molecule is CC(CCCNC(=O)Cn1cc(CN)nn1)C(=O)O. The molecular formula is C11H19N5O3. The largest absolute Gasteiger partial charge is 0.481 e. The normalized spacial score (nSPS) is 12.1. The minimum absolute atomic E-state index is 0.0848. The molecule has 0 aromatic carbocycles. The van der Waals surface area contributed by atoms with Crippen molar-refractivity contribution in [2.75, 3.05) is 6.54 Å². The van der Waals surface area contributed by atoms with Crippen molar-refractivity contribution in [2.24, 2.45) is 11.7 Å². The summed E-state index contributed by atoms with van der Waals surface area (Å²) in [6.45, 7) is 2.47. The molecule has 0 aliphatic carbocycles. The van der Waals surface area contributed by atoms with Crippen LogP contribution in [-0.2, 0) is 22.7 Å². The summed E-state index contributed by atoms with van der Waals surface area (Å²) in [5, 5.41) is 18.9. The van der Waals surface area contributed by atoms with Gasteiger partial charge in [0, 0.05) is 13.1 Å². The summed E-state index contributed by atoms with van der Waals surface area (Å²) in [6, 6.07) is 0. The zero-order valence-electron chi connectivity index (χ0n) is 10.9. The fraction of sp³-hybridized carbons (Fsp3) is 0.636. The van der Waals surface area contributed by atoms with Gasteiger partial charge in [-0.25, -0.2) is 4.68 Å². The van der Waals surface area contributed by atoms with Crippen molar-refractivity contribution < 1.29 is 14.7 Å². The number of hydrogen-bond donors (Lipinski definition) is 3. The molecule has 1 aromatic heterocycles. The molecular weight excluding hydrogens is 250 g/mol. The van der Waals surface area contributed by atoms with Gasteiger partial charge in [0.2, 0.25) is 5.91 Å². The lowest BCUT2D eigenvalue weighted by atomic mass is 10.1. The first-order valence-electron chi connectivity index (χ1n) is 6.11. The topological polar surface area (TPSA) is 123 Å². The number of nitrogens with zero attached hydrogens (tertiary/aromatic N) is 3. The van der Waals surface area contributed by atoms with Crippen LogP contribution in [0.2, 0.25) is 0 Å². The van der Waals surface area contributed by atoms with Gasteiger partial charge in [0.1, 0.15) is 6.54 Å². The Labute approximate surface area is 111 Å². The van der Waals surface area contributed by atoms with Crippen LogP contribution < -0.4 is 11.1 Å². The zero-order chi connectivity index (χ0) is 14.3. The maximum Gasteiger partial charge on any atom is 0.306 e. The molecule has 0 saturated carbocycles. The molecule has 0 spiro atoms. The van der Waals surface area contributed by atoms with E-state index in [2.05, 4.69) is 15.6 Å². The summed E-state index contributed by atoms with van der Waals surface area (Å²) in [5.74, 6) is -1.39. The van der Waals surface area contributed by atoms with Crippen LogP contribution in [-0.4, -0.2) is 38.5 Å². The minimum Gasteiger partial charge on any atom is -0.481 e. The highest BCUT2D eigenvalue weighted by Crippen LogP contribution is 2.04. The molecule has 1 heterocycles. The lowest BCUT2D eigenvalue weighted by molar-refractivity contribution is -0.141. The van der Waals surface area contributed by atoms with Gasteiger partial charge in [-0.1, -0.05) is 12.1 Å². The van der Waals surface area contributed by atoms with Crippen LogP contribution in [0.15, 0.2) is 6.20 Å². The summed E-state index contributed by atoms with van der Waals surface area (Å²) in [4.78, 5) is 22.1. The van der Waals surface area contributed by atoms with E-state index in [0.29, 0.717) is 25.1 Å². The molecule has 1 aromatic rings. The van der Waals surface area contributed by atoms with Gasteiger partial charge in [0.05, 0.1) is 17.8 Å². The van der Waals surface area contributed by atoms with Crippen molar-refractivity contribution in [1.82, 2.24) is 20.3 Å². The Balaban J connectivity index is 2.19. The third kappa shape index (κ3) is 5.47. The molecule has 1 atom stereocenters. The highest BCUT2D eigenvalue weighted by Gasteiger charge is 2.10. The van der Waals surface area contributed by atoms with E-state index in [1.807, 2.05) is 0 Å². The Bertz CT molecular complexity index is 432. The molecule has 19 heavy (non-hydrogen) atoms. The number of rotatable bonds is 8. The first-order valence-corrected chi connectivity index (χ1v) is 6.11. The van der Waals surface area contributed by atoms with Crippen LogP contribution in [0.25, 0.3) is 0 Å². The number of aromatic nitrogens is 3. The number of aliphatic carboxylic acids is 1. The molecule has 0 aliphatic heterocycles. The quantitative estimate of drug-likeness (QED) is 0.539. The second-order valence-corrected chi connectivity index (χ2v) is 4.34. The second kappa shape index (κ2) is 7.47. The maximum absolute atomic E-state index is 11.5. The fourth-order valence-corrected chi connectivity index (χ4v) is 1.47. The third-order valence-corrected chi connectivity index (χ3v) is 2.66. The van der Waals surface area contributed by atoms with Crippen LogP contribution in [0.5, 0.6) is 0 Å². The van der Waals surface area contributed by atoms with Gasteiger partial charge in [0.25, 0.3) is 0 Å². The van der Waals surface area contributed by atoms with Crippen LogP contribution in [0.1, 0.15) is 25.5 Å². The van der Waals surface area contributed by atoms with E-state index in [1.165, 1.54) is 4.68 Å². The molecule has 106 valence electrons. The van der Waals surface area contributed by atoms with E-state index >= 15 is 0 Å². The van der Waals surface area contributed by atoms with E-state index in [-0.39, 0.29) is 24.9 Å². The number of carboxylic acids is 1. The molecule has 8 heteroatoms. The number of carbonyl (C=O) groups is 2. The second-order valence-electron chi connectivity index (χ2n) is 4.34. The van der Waals surface area contributed by atoms with Gasteiger partial charge in [-0.3, -0.25) is 9.59 Å². The van der Waals surface area contributed by atoms with E-state index in [4.69, 9.17) is 10.8 Å². The van der Waals surface area contributed by atoms with Crippen LogP contribution in [0.4, 0.5) is 0 Å². The van der Waals surface area contributed by atoms with E-state index in [0.717, 1.165) is 0 Å². The summed E-state index contributed by atoms with van der Waals surface area (Å²) in [7, 11) is 0. The molecule has 1 unspecified atom stereocenters. The van der Waals surface area contributed by atoms with Crippen molar-refractivity contribution >= 4 is 11.9 Å².